The van der Waals surface area contributed by atoms with Gasteiger partial charge < -0.3 is 10.2 Å². The van der Waals surface area contributed by atoms with E-state index in [2.05, 4.69) is 24.3 Å². The maximum absolute atomic E-state index is 10.1. The molecule has 4 heteroatoms. The summed E-state index contributed by atoms with van der Waals surface area (Å²) in [5.74, 6) is 0.0772. The second-order valence-corrected chi connectivity index (χ2v) is 8.39. The lowest BCUT2D eigenvalue weighted by molar-refractivity contribution is 0.475. The molecule has 0 saturated carbocycles. The van der Waals surface area contributed by atoms with E-state index in [1.807, 2.05) is 48.5 Å². The number of phenols is 2. The van der Waals surface area contributed by atoms with E-state index in [0.717, 1.165) is 28.7 Å². The molecular formula is C26H18Cl2O2. The first-order valence-electron chi connectivity index (χ1n) is 9.66. The van der Waals surface area contributed by atoms with E-state index < -0.39 is 5.41 Å². The second kappa shape index (κ2) is 7.09. The molecule has 0 aliphatic heterocycles. The highest BCUT2D eigenvalue weighted by Crippen LogP contribution is 2.52. The molecule has 0 saturated heterocycles. The van der Waals surface area contributed by atoms with E-state index in [4.69, 9.17) is 23.2 Å². The highest BCUT2D eigenvalue weighted by Gasteiger charge is 2.44. The first kappa shape index (κ1) is 19.0. The van der Waals surface area contributed by atoms with Crippen LogP contribution in [0.5, 0.6) is 11.5 Å². The fourth-order valence-electron chi connectivity index (χ4n) is 4.70. The van der Waals surface area contributed by atoms with Gasteiger partial charge >= 0.3 is 0 Å². The predicted molar refractivity (Wildman–Crippen MR) is 121 cm³/mol. The summed E-state index contributed by atoms with van der Waals surface area (Å²) in [5.41, 5.74) is 5.84. The van der Waals surface area contributed by atoms with Crippen molar-refractivity contribution in [1.82, 2.24) is 0 Å². The summed E-state index contributed by atoms with van der Waals surface area (Å²) >= 11 is 12.8. The third-order valence-corrected chi connectivity index (χ3v) is 6.59. The Balaban J connectivity index is 1.97. The van der Waals surface area contributed by atoms with Crippen LogP contribution >= 0.6 is 23.2 Å². The third kappa shape index (κ3) is 2.72. The number of fused-ring (bicyclic) bond motifs is 2. The van der Waals surface area contributed by atoms with Crippen LogP contribution in [0.2, 0.25) is 10.0 Å². The predicted octanol–water partition coefficient (Wildman–Crippen LogP) is 6.69. The van der Waals surface area contributed by atoms with Gasteiger partial charge in [-0.25, -0.2) is 0 Å². The van der Waals surface area contributed by atoms with Crippen LogP contribution in [0, 0.1) is 0 Å². The first-order valence-corrected chi connectivity index (χ1v) is 10.4. The van der Waals surface area contributed by atoms with Gasteiger partial charge in [0, 0.05) is 0 Å². The molecule has 0 atom stereocenters. The van der Waals surface area contributed by atoms with Crippen LogP contribution in [0.25, 0.3) is 0 Å². The summed E-state index contributed by atoms with van der Waals surface area (Å²) in [4.78, 5) is 0. The minimum absolute atomic E-state index is 0.0386. The molecule has 5 rings (SSSR count). The van der Waals surface area contributed by atoms with Crippen molar-refractivity contribution in [3.8, 4) is 11.5 Å². The van der Waals surface area contributed by atoms with Crippen molar-refractivity contribution in [2.45, 2.75) is 11.8 Å². The number of benzene rings is 4. The molecule has 30 heavy (non-hydrogen) atoms. The number of phenolic OH excluding ortho intramolecular Hbond substituents is 2. The van der Waals surface area contributed by atoms with Gasteiger partial charge in [-0.05, 0) is 64.1 Å². The van der Waals surface area contributed by atoms with Crippen molar-refractivity contribution in [3.05, 3.63) is 128 Å². The minimum atomic E-state index is -0.694. The zero-order chi connectivity index (χ0) is 20.9. The van der Waals surface area contributed by atoms with Gasteiger partial charge in [-0.3, -0.25) is 0 Å². The average Bonchev–Trinajstić information content (AvgIpc) is 2.76. The largest absolute Gasteiger partial charge is 0.506 e. The average molecular weight is 433 g/mol. The van der Waals surface area contributed by atoms with Crippen LogP contribution in [-0.4, -0.2) is 10.2 Å². The molecule has 0 heterocycles. The maximum Gasteiger partial charge on any atom is 0.134 e. The summed E-state index contributed by atoms with van der Waals surface area (Å²) in [6, 6.07) is 27.4. The van der Waals surface area contributed by atoms with E-state index in [-0.39, 0.29) is 21.5 Å². The van der Waals surface area contributed by atoms with Gasteiger partial charge in [-0.1, -0.05) is 83.9 Å². The fourth-order valence-corrected chi connectivity index (χ4v) is 5.06. The van der Waals surface area contributed by atoms with E-state index in [0.29, 0.717) is 0 Å². The second-order valence-electron chi connectivity index (χ2n) is 7.57. The lowest BCUT2D eigenvalue weighted by Gasteiger charge is -2.42. The molecule has 0 radical (unpaired) electrons. The number of aromatic hydroxyl groups is 2. The molecule has 4 aromatic rings. The Labute approximate surface area is 185 Å². The number of hydrogen-bond donors (Lipinski definition) is 2. The van der Waals surface area contributed by atoms with Crippen molar-refractivity contribution in [3.63, 3.8) is 0 Å². The fraction of sp³-hybridized carbons (Fsp3) is 0.0769. The summed E-state index contributed by atoms with van der Waals surface area (Å²) in [6.45, 7) is 0. The Kier molecular flexibility index (Phi) is 4.50. The smallest absolute Gasteiger partial charge is 0.134 e. The lowest BCUT2D eigenvalue weighted by atomic mass is 9.60. The molecule has 2 nitrogen and oxygen atoms in total. The molecule has 1 aliphatic carbocycles. The van der Waals surface area contributed by atoms with Gasteiger partial charge in [-0.2, -0.15) is 0 Å². The molecule has 0 aromatic heterocycles. The molecule has 0 amide bonds. The zero-order valence-electron chi connectivity index (χ0n) is 15.9. The summed E-state index contributed by atoms with van der Waals surface area (Å²) in [6.07, 6.45) is 0.825. The highest BCUT2D eigenvalue weighted by molar-refractivity contribution is 6.32. The van der Waals surface area contributed by atoms with Gasteiger partial charge in [0.15, 0.2) is 0 Å². The van der Waals surface area contributed by atoms with E-state index in [1.165, 1.54) is 11.1 Å². The molecule has 148 valence electrons. The maximum atomic E-state index is 10.1. The van der Waals surface area contributed by atoms with E-state index in [9.17, 15) is 10.2 Å². The minimum Gasteiger partial charge on any atom is -0.506 e. The Morgan fingerprint density at radius 2 is 1.03 bits per heavy atom. The molecule has 0 unspecified atom stereocenters. The van der Waals surface area contributed by atoms with Crippen molar-refractivity contribution in [1.29, 1.82) is 0 Å². The van der Waals surface area contributed by atoms with Gasteiger partial charge in [0.1, 0.15) is 11.5 Å². The summed E-state index contributed by atoms with van der Waals surface area (Å²) in [5, 5.41) is 20.7. The van der Waals surface area contributed by atoms with Gasteiger partial charge in [-0.15, -0.1) is 0 Å². The van der Waals surface area contributed by atoms with Gasteiger partial charge in [0.25, 0.3) is 0 Å². The summed E-state index contributed by atoms with van der Waals surface area (Å²) < 4.78 is 0. The van der Waals surface area contributed by atoms with Crippen molar-refractivity contribution >= 4 is 23.2 Å². The Morgan fingerprint density at radius 3 is 1.47 bits per heavy atom. The van der Waals surface area contributed by atoms with Gasteiger partial charge in [0.2, 0.25) is 0 Å². The molecule has 0 spiro atoms. The van der Waals surface area contributed by atoms with Gasteiger partial charge in [0.05, 0.1) is 15.5 Å². The molecule has 2 N–H and O–H groups in total. The Bertz CT molecular complexity index is 1180. The Morgan fingerprint density at radius 1 is 0.600 bits per heavy atom. The topological polar surface area (TPSA) is 40.5 Å². The van der Waals surface area contributed by atoms with Crippen LogP contribution in [0.3, 0.4) is 0 Å². The van der Waals surface area contributed by atoms with Crippen molar-refractivity contribution < 1.29 is 10.2 Å². The van der Waals surface area contributed by atoms with Crippen LogP contribution in [0.15, 0.2) is 84.9 Å². The third-order valence-electron chi connectivity index (χ3n) is 5.99. The summed E-state index contributed by atoms with van der Waals surface area (Å²) in [7, 11) is 0. The first-order chi connectivity index (χ1) is 14.5. The molecule has 0 fully saturated rings. The highest BCUT2D eigenvalue weighted by atomic mass is 35.5. The van der Waals surface area contributed by atoms with Crippen LogP contribution in [0.1, 0.15) is 33.4 Å². The standard InChI is InChI=1S/C26H18Cl2O2/c27-22-14-18(9-11-24(22)29)26(19-10-12-25(30)23(28)15-19)20-7-3-1-5-16(20)13-17-6-2-4-8-21(17)26/h1-12,14-15,29-30H,13H2. The van der Waals surface area contributed by atoms with Crippen molar-refractivity contribution in [2.24, 2.45) is 0 Å². The molecular weight excluding hydrogens is 415 g/mol. The lowest BCUT2D eigenvalue weighted by Crippen LogP contribution is -2.36. The number of halogens is 2. The molecule has 4 aromatic carbocycles. The number of rotatable bonds is 2. The van der Waals surface area contributed by atoms with Crippen LogP contribution < -0.4 is 0 Å². The van der Waals surface area contributed by atoms with E-state index >= 15 is 0 Å². The SMILES string of the molecule is Oc1ccc(C2(c3ccc(O)c(Cl)c3)c3ccccc3Cc3ccccc32)cc1Cl. The normalized spacial score (nSPS) is 14.1. The zero-order valence-corrected chi connectivity index (χ0v) is 17.5. The van der Waals surface area contributed by atoms with Crippen molar-refractivity contribution in [2.75, 3.05) is 0 Å². The number of hydrogen-bond acceptors (Lipinski definition) is 2. The quantitative estimate of drug-likeness (QED) is 0.326. The van der Waals surface area contributed by atoms with Crippen LogP contribution in [0.4, 0.5) is 0 Å². The van der Waals surface area contributed by atoms with E-state index in [1.54, 1.807) is 12.1 Å². The monoisotopic (exact) mass is 432 g/mol. The Hall–Kier alpha value is -2.94. The van der Waals surface area contributed by atoms with Crippen LogP contribution in [-0.2, 0) is 11.8 Å². The molecule has 0 bridgehead atoms. The molecule has 1 aliphatic rings.